The Kier molecular flexibility index (Phi) is 7.88. The molecule has 0 aliphatic rings. The van der Waals surface area contributed by atoms with Crippen molar-refractivity contribution in [2.45, 2.75) is 44.2 Å². The van der Waals surface area contributed by atoms with E-state index in [1.54, 1.807) is 66.7 Å². The molecule has 224 valence electrons. The van der Waals surface area contributed by atoms with Gasteiger partial charge in [-0.15, -0.1) is 0 Å². The summed E-state index contributed by atoms with van der Waals surface area (Å²) in [4.78, 5) is 34.7. The predicted molar refractivity (Wildman–Crippen MR) is 169 cm³/mol. The third-order valence-corrected chi connectivity index (χ3v) is 8.99. The van der Waals surface area contributed by atoms with Gasteiger partial charge in [0.05, 0.1) is 11.4 Å². The number of hydrogen-bond donors (Lipinski definition) is 2. The van der Waals surface area contributed by atoms with E-state index >= 15 is 0 Å². The average molecular weight is 612 g/mol. The Morgan fingerprint density at radius 1 is 0.886 bits per heavy atom. The Labute approximate surface area is 252 Å². The smallest absolute Gasteiger partial charge is 0.333 e. The Morgan fingerprint density at radius 2 is 1.61 bits per heavy atom. The second-order valence-electron chi connectivity index (χ2n) is 10.6. The molecular weight excluding hydrogens is 581 g/mol. The van der Waals surface area contributed by atoms with Crippen molar-refractivity contribution in [1.82, 2.24) is 19.1 Å². The van der Waals surface area contributed by atoms with Gasteiger partial charge in [-0.1, -0.05) is 80.1 Å². The molecule has 0 unspecified atom stereocenters. The molecule has 0 saturated heterocycles. The molecule has 0 spiro atoms. The largest absolute Gasteiger partial charge is 0.336 e. The zero-order chi connectivity index (χ0) is 30.8. The van der Waals surface area contributed by atoms with Crippen molar-refractivity contribution >= 4 is 37.6 Å². The lowest BCUT2D eigenvalue weighted by molar-refractivity contribution is 0.553. The van der Waals surface area contributed by atoms with Gasteiger partial charge >= 0.3 is 5.69 Å². The second kappa shape index (κ2) is 11.9. The maximum absolute atomic E-state index is 14.4. The highest BCUT2D eigenvalue weighted by molar-refractivity contribution is 7.93. The van der Waals surface area contributed by atoms with Crippen LogP contribution in [0.4, 0.5) is 10.1 Å². The van der Waals surface area contributed by atoms with Gasteiger partial charge in [0, 0.05) is 29.6 Å². The fourth-order valence-electron chi connectivity index (χ4n) is 5.28. The molecule has 2 N–H and O–H groups in total. The number of fused-ring (bicyclic) bond motifs is 2. The van der Waals surface area contributed by atoms with E-state index in [2.05, 4.69) is 14.7 Å². The van der Waals surface area contributed by atoms with E-state index in [1.807, 2.05) is 25.1 Å². The molecule has 2 heterocycles. The van der Waals surface area contributed by atoms with E-state index in [-0.39, 0.29) is 28.2 Å². The van der Waals surface area contributed by atoms with Gasteiger partial charge in [-0.2, -0.15) is 0 Å². The number of aryl methyl sites for hydroxylation is 1. The SMILES string of the molecule is CCCCn1c(=O)n(Cc2ccccc2F)c(=O)c2[nH]c(Cc3ccc(NS(=O)(=O)c4cccc5ccccc45)cc3)nc21. The van der Waals surface area contributed by atoms with Gasteiger partial charge in [0.25, 0.3) is 15.6 Å². The summed E-state index contributed by atoms with van der Waals surface area (Å²) in [5, 5.41) is 1.46. The van der Waals surface area contributed by atoms with E-state index in [9.17, 15) is 22.4 Å². The van der Waals surface area contributed by atoms with Crippen molar-refractivity contribution in [2.75, 3.05) is 4.72 Å². The van der Waals surface area contributed by atoms with Crippen LogP contribution < -0.4 is 16.0 Å². The van der Waals surface area contributed by atoms with Crippen LogP contribution in [0.5, 0.6) is 0 Å². The summed E-state index contributed by atoms with van der Waals surface area (Å²) >= 11 is 0. The number of H-pyrrole nitrogens is 1. The molecule has 0 fully saturated rings. The number of halogens is 1. The highest BCUT2D eigenvalue weighted by Crippen LogP contribution is 2.25. The number of rotatable bonds is 10. The monoisotopic (exact) mass is 611 g/mol. The zero-order valence-corrected chi connectivity index (χ0v) is 24.8. The molecule has 0 bridgehead atoms. The molecule has 6 rings (SSSR count). The van der Waals surface area contributed by atoms with Crippen LogP contribution in [-0.2, 0) is 29.5 Å². The maximum Gasteiger partial charge on any atom is 0.333 e. The Hall–Kier alpha value is -5.03. The van der Waals surface area contributed by atoms with Crippen LogP contribution in [0.15, 0.2) is 105 Å². The summed E-state index contributed by atoms with van der Waals surface area (Å²) in [6.07, 6.45) is 1.83. The summed E-state index contributed by atoms with van der Waals surface area (Å²) in [5.74, 6) is -0.0263. The molecular formula is C33H30FN5O4S. The van der Waals surface area contributed by atoms with Crippen LogP contribution in [0, 0.1) is 5.82 Å². The Balaban J connectivity index is 1.28. The van der Waals surface area contributed by atoms with Gasteiger partial charge < -0.3 is 4.98 Å². The van der Waals surface area contributed by atoms with Crippen molar-refractivity contribution in [3.8, 4) is 0 Å². The van der Waals surface area contributed by atoms with E-state index in [0.29, 0.717) is 36.3 Å². The molecule has 0 amide bonds. The second-order valence-corrected chi connectivity index (χ2v) is 12.3. The van der Waals surface area contributed by atoms with Gasteiger partial charge in [-0.05, 0) is 41.6 Å². The molecule has 6 aromatic rings. The number of imidazole rings is 1. The topological polar surface area (TPSA) is 119 Å². The van der Waals surface area contributed by atoms with Crippen molar-refractivity contribution in [3.63, 3.8) is 0 Å². The van der Waals surface area contributed by atoms with Crippen LogP contribution in [0.25, 0.3) is 21.9 Å². The number of nitrogens with one attached hydrogen (secondary N) is 2. The number of unbranched alkanes of at least 4 members (excludes halogenated alkanes) is 1. The van der Waals surface area contributed by atoms with E-state index in [0.717, 1.165) is 21.9 Å². The fourth-order valence-corrected chi connectivity index (χ4v) is 6.57. The quantitative estimate of drug-likeness (QED) is 0.215. The maximum atomic E-state index is 14.4. The molecule has 4 aromatic carbocycles. The minimum absolute atomic E-state index is 0.173. The van der Waals surface area contributed by atoms with Crippen molar-refractivity contribution in [3.05, 3.63) is 135 Å². The van der Waals surface area contributed by atoms with Gasteiger partial charge in [0.15, 0.2) is 5.65 Å². The number of aromatic nitrogens is 4. The third kappa shape index (κ3) is 5.66. The first-order valence-corrected chi connectivity index (χ1v) is 15.8. The number of hydrogen-bond acceptors (Lipinski definition) is 5. The zero-order valence-electron chi connectivity index (χ0n) is 24.0. The van der Waals surface area contributed by atoms with Gasteiger partial charge in [0.2, 0.25) is 0 Å². The predicted octanol–water partition coefficient (Wildman–Crippen LogP) is 5.42. The molecule has 0 aliphatic carbocycles. The highest BCUT2D eigenvalue weighted by atomic mass is 32.2. The minimum Gasteiger partial charge on any atom is -0.336 e. The Bertz CT molecular complexity index is 2220. The number of benzene rings is 4. The number of aromatic amines is 1. The summed E-state index contributed by atoms with van der Waals surface area (Å²) < 4.78 is 46.0. The van der Waals surface area contributed by atoms with Crippen LogP contribution in [-0.4, -0.2) is 27.5 Å². The molecule has 0 atom stereocenters. The first kappa shape index (κ1) is 29.1. The van der Waals surface area contributed by atoms with Gasteiger partial charge in [-0.3, -0.25) is 18.7 Å². The highest BCUT2D eigenvalue weighted by Gasteiger charge is 2.20. The fraction of sp³-hybridized carbons (Fsp3) is 0.182. The van der Waals surface area contributed by atoms with Crippen LogP contribution >= 0.6 is 0 Å². The lowest BCUT2D eigenvalue weighted by Gasteiger charge is -2.11. The van der Waals surface area contributed by atoms with E-state index in [4.69, 9.17) is 0 Å². The first-order valence-electron chi connectivity index (χ1n) is 14.3. The van der Waals surface area contributed by atoms with Crippen molar-refractivity contribution in [2.24, 2.45) is 0 Å². The molecule has 2 aromatic heterocycles. The standard InChI is InChI=1S/C33H30FN5O4S/c1-2-3-19-38-31-30(32(40)39(33(38)41)21-24-10-5-7-13-27(24)34)35-29(36-31)20-22-15-17-25(18-16-22)37-44(42,43)28-14-8-11-23-9-4-6-12-26(23)28/h4-18,37H,2-3,19-21H2,1H3,(H,35,36). The number of anilines is 1. The van der Waals surface area contributed by atoms with E-state index < -0.39 is 27.1 Å². The first-order chi connectivity index (χ1) is 21.2. The van der Waals surface area contributed by atoms with Crippen LogP contribution in [0.1, 0.15) is 36.7 Å². The summed E-state index contributed by atoms with van der Waals surface area (Å²) in [6, 6.07) is 25.4. The summed E-state index contributed by atoms with van der Waals surface area (Å²) in [5.41, 5.74) is 0.767. The molecule has 44 heavy (non-hydrogen) atoms. The Morgan fingerprint density at radius 3 is 2.39 bits per heavy atom. The van der Waals surface area contributed by atoms with Gasteiger partial charge in [0.1, 0.15) is 17.2 Å². The van der Waals surface area contributed by atoms with E-state index in [1.165, 1.54) is 10.6 Å². The lowest BCUT2D eigenvalue weighted by atomic mass is 10.1. The van der Waals surface area contributed by atoms with Crippen LogP contribution in [0.2, 0.25) is 0 Å². The molecule has 9 nitrogen and oxygen atoms in total. The van der Waals surface area contributed by atoms with Crippen molar-refractivity contribution < 1.29 is 12.8 Å². The number of nitrogens with zero attached hydrogens (tertiary/aromatic N) is 3. The minimum atomic E-state index is -3.84. The number of sulfonamides is 1. The summed E-state index contributed by atoms with van der Waals surface area (Å²) in [6.45, 7) is 2.16. The molecule has 0 radical (unpaired) electrons. The van der Waals surface area contributed by atoms with Crippen molar-refractivity contribution in [1.29, 1.82) is 0 Å². The lowest BCUT2D eigenvalue weighted by Crippen LogP contribution is -2.40. The summed E-state index contributed by atoms with van der Waals surface area (Å²) in [7, 11) is -3.84. The van der Waals surface area contributed by atoms with Crippen LogP contribution in [0.3, 0.4) is 0 Å². The molecule has 0 saturated carbocycles. The normalized spacial score (nSPS) is 11.8. The molecule has 0 aliphatic heterocycles. The van der Waals surface area contributed by atoms with Gasteiger partial charge in [-0.25, -0.2) is 22.6 Å². The third-order valence-electron chi connectivity index (χ3n) is 7.55. The molecule has 11 heteroatoms. The average Bonchev–Trinajstić information content (AvgIpc) is 3.44.